The van der Waals surface area contributed by atoms with Crippen molar-refractivity contribution in [3.05, 3.63) is 71.0 Å². The third-order valence-corrected chi connectivity index (χ3v) is 3.77. The van der Waals surface area contributed by atoms with Crippen LogP contribution in [-0.2, 0) is 6.54 Å². The second-order valence-corrected chi connectivity index (χ2v) is 5.64. The molecule has 1 unspecified atom stereocenters. The molecule has 0 heterocycles. The zero-order valence-corrected chi connectivity index (χ0v) is 13.8. The number of halogens is 1. The van der Waals surface area contributed by atoms with Crippen LogP contribution in [0.3, 0.4) is 0 Å². The SMILES string of the molecule is CCC(C)NC(=O)c1cccc(C(=O)NCc2ccccc2F)c1. The van der Waals surface area contributed by atoms with Crippen LogP contribution in [0.15, 0.2) is 48.5 Å². The molecule has 5 heteroatoms. The minimum Gasteiger partial charge on any atom is -0.350 e. The van der Waals surface area contributed by atoms with E-state index in [2.05, 4.69) is 10.6 Å². The number of carbonyl (C=O) groups is 2. The van der Waals surface area contributed by atoms with Gasteiger partial charge in [0.05, 0.1) is 0 Å². The Balaban J connectivity index is 2.03. The molecule has 2 N–H and O–H groups in total. The summed E-state index contributed by atoms with van der Waals surface area (Å²) >= 11 is 0. The van der Waals surface area contributed by atoms with Crippen molar-refractivity contribution in [2.45, 2.75) is 32.9 Å². The summed E-state index contributed by atoms with van der Waals surface area (Å²) in [6.45, 7) is 4.00. The van der Waals surface area contributed by atoms with Crippen molar-refractivity contribution >= 4 is 11.8 Å². The smallest absolute Gasteiger partial charge is 0.251 e. The average Bonchev–Trinajstić information content (AvgIpc) is 2.60. The first-order valence-corrected chi connectivity index (χ1v) is 7.93. The minimum absolute atomic E-state index is 0.0658. The Morgan fingerprint density at radius 1 is 1.04 bits per heavy atom. The lowest BCUT2D eigenvalue weighted by Gasteiger charge is -2.12. The van der Waals surface area contributed by atoms with E-state index in [1.807, 2.05) is 13.8 Å². The van der Waals surface area contributed by atoms with E-state index in [0.29, 0.717) is 16.7 Å². The van der Waals surface area contributed by atoms with Gasteiger partial charge in [0, 0.05) is 29.3 Å². The fourth-order valence-corrected chi connectivity index (χ4v) is 2.13. The number of amides is 2. The van der Waals surface area contributed by atoms with Crippen molar-refractivity contribution in [1.29, 1.82) is 0 Å². The first-order chi connectivity index (χ1) is 11.5. The first-order valence-electron chi connectivity index (χ1n) is 7.93. The van der Waals surface area contributed by atoms with Crippen LogP contribution in [0, 0.1) is 5.82 Å². The summed E-state index contributed by atoms with van der Waals surface area (Å²) in [6, 6.07) is 12.8. The van der Waals surface area contributed by atoms with Crippen molar-refractivity contribution in [2.75, 3.05) is 0 Å². The van der Waals surface area contributed by atoms with E-state index in [9.17, 15) is 14.0 Å². The summed E-state index contributed by atoms with van der Waals surface area (Å²) in [5.74, 6) is -0.927. The Morgan fingerprint density at radius 3 is 2.38 bits per heavy atom. The number of hydrogen-bond donors (Lipinski definition) is 2. The molecule has 2 aromatic carbocycles. The first kappa shape index (κ1) is 17.7. The number of nitrogens with one attached hydrogen (secondary N) is 2. The molecule has 0 aliphatic rings. The highest BCUT2D eigenvalue weighted by atomic mass is 19.1. The van der Waals surface area contributed by atoms with Gasteiger partial charge in [-0.3, -0.25) is 9.59 Å². The summed E-state index contributed by atoms with van der Waals surface area (Å²) in [5, 5.41) is 5.52. The van der Waals surface area contributed by atoms with Crippen LogP contribution < -0.4 is 10.6 Å². The molecule has 0 saturated carbocycles. The zero-order chi connectivity index (χ0) is 17.5. The summed E-state index contributed by atoms with van der Waals surface area (Å²) in [4.78, 5) is 24.3. The summed E-state index contributed by atoms with van der Waals surface area (Å²) in [6.07, 6.45) is 0.828. The van der Waals surface area contributed by atoms with Gasteiger partial charge in [-0.25, -0.2) is 4.39 Å². The number of benzene rings is 2. The van der Waals surface area contributed by atoms with E-state index in [1.165, 1.54) is 12.1 Å². The molecule has 0 fully saturated rings. The van der Waals surface area contributed by atoms with Gasteiger partial charge < -0.3 is 10.6 Å². The standard InChI is InChI=1S/C19H21FN2O2/c1-3-13(2)22-19(24)15-9-6-8-14(11-15)18(23)21-12-16-7-4-5-10-17(16)20/h4-11,13H,3,12H2,1-2H3,(H,21,23)(H,22,24). The van der Waals surface area contributed by atoms with E-state index in [4.69, 9.17) is 0 Å². The van der Waals surface area contributed by atoms with Gasteiger partial charge in [-0.1, -0.05) is 31.2 Å². The van der Waals surface area contributed by atoms with Gasteiger partial charge in [-0.15, -0.1) is 0 Å². The minimum atomic E-state index is -0.362. The molecule has 24 heavy (non-hydrogen) atoms. The van der Waals surface area contributed by atoms with Gasteiger partial charge in [0.2, 0.25) is 0 Å². The molecule has 0 aliphatic heterocycles. The Hall–Kier alpha value is -2.69. The fraction of sp³-hybridized carbons (Fsp3) is 0.263. The lowest BCUT2D eigenvalue weighted by molar-refractivity contribution is 0.0939. The molecule has 0 bridgehead atoms. The largest absolute Gasteiger partial charge is 0.350 e. The van der Waals surface area contributed by atoms with Crippen molar-refractivity contribution < 1.29 is 14.0 Å². The monoisotopic (exact) mass is 328 g/mol. The molecule has 1 atom stereocenters. The lowest BCUT2D eigenvalue weighted by atomic mass is 10.1. The van der Waals surface area contributed by atoms with Gasteiger partial charge in [0.1, 0.15) is 5.82 Å². The maximum Gasteiger partial charge on any atom is 0.251 e. The third-order valence-electron chi connectivity index (χ3n) is 3.77. The summed E-state index contributed by atoms with van der Waals surface area (Å²) < 4.78 is 13.6. The summed E-state index contributed by atoms with van der Waals surface area (Å²) in [7, 11) is 0. The third kappa shape index (κ3) is 4.65. The molecule has 0 aliphatic carbocycles. The highest BCUT2D eigenvalue weighted by Crippen LogP contribution is 2.09. The number of hydrogen-bond acceptors (Lipinski definition) is 2. The van der Waals surface area contributed by atoms with Crippen LogP contribution in [0.5, 0.6) is 0 Å². The van der Waals surface area contributed by atoms with E-state index in [0.717, 1.165) is 6.42 Å². The van der Waals surface area contributed by atoms with Crippen molar-refractivity contribution in [2.24, 2.45) is 0 Å². The predicted molar refractivity (Wildman–Crippen MR) is 91.2 cm³/mol. The van der Waals surface area contributed by atoms with E-state index < -0.39 is 0 Å². The molecular weight excluding hydrogens is 307 g/mol. The average molecular weight is 328 g/mol. The Labute approximate surface area is 141 Å². The quantitative estimate of drug-likeness (QED) is 0.855. The van der Waals surface area contributed by atoms with E-state index in [1.54, 1.807) is 36.4 Å². The maximum atomic E-state index is 13.6. The van der Waals surface area contributed by atoms with Crippen LogP contribution in [0.4, 0.5) is 4.39 Å². The highest BCUT2D eigenvalue weighted by molar-refractivity contribution is 5.99. The van der Waals surface area contributed by atoms with Crippen LogP contribution in [0.25, 0.3) is 0 Å². The molecule has 0 spiro atoms. The number of carbonyl (C=O) groups excluding carboxylic acids is 2. The van der Waals surface area contributed by atoms with Gasteiger partial charge >= 0.3 is 0 Å². The van der Waals surface area contributed by atoms with Gasteiger partial charge in [0.15, 0.2) is 0 Å². The van der Waals surface area contributed by atoms with Crippen LogP contribution in [0.2, 0.25) is 0 Å². The molecule has 0 radical (unpaired) electrons. The molecule has 126 valence electrons. The second kappa shape index (κ2) is 8.24. The second-order valence-electron chi connectivity index (χ2n) is 5.64. The Morgan fingerprint density at radius 2 is 1.71 bits per heavy atom. The fourth-order valence-electron chi connectivity index (χ4n) is 2.13. The lowest BCUT2D eigenvalue weighted by Crippen LogP contribution is -2.32. The van der Waals surface area contributed by atoms with Crippen LogP contribution in [-0.4, -0.2) is 17.9 Å². The van der Waals surface area contributed by atoms with Gasteiger partial charge in [-0.05, 0) is 37.6 Å². The Bertz CT molecular complexity index is 731. The predicted octanol–water partition coefficient (Wildman–Crippen LogP) is 3.28. The van der Waals surface area contributed by atoms with Crippen molar-refractivity contribution in [1.82, 2.24) is 10.6 Å². The summed E-state index contributed by atoms with van der Waals surface area (Å²) in [5.41, 5.74) is 1.20. The molecule has 2 rings (SSSR count). The number of rotatable bonds is 6. The van der Waals surface area contributed by atoms with Crippen molar-refractivity contribution in [3.63, 3.8) is 0 Å². The molecular formula is C19H21FN2O2. The zero-order valence-electron chi connectivity index (χ0n) is 13.8. The molecule has 4 nitrogen and oxygen atoms in total. The Kier molecular flexibility index (Phi) is 6.07. The van der Waals surface area contributed by atoms with E-state index in [-0.39, 0.29) is 30.2 Å². The molecule has 0 saturated heterocycles. The van der Waals surface area contributed by atoms with Gasteiger partial charge in [-0.2, -0.15) is 0 Å². The maximum absolute atomic E-state index is 13.6. The topological polar surface area (TPSA) is 58.2 Å². The van der Waals surface area contributed by atoms with Crippen LogP contribution in [0.1, 0.15) is 46.5 Å². The molecule has 2 aromatic rings. The van der Waals surface area contributed by atoms with Crippen molar-refractivity contribution in [3.8, 4) is 0 Å². The highest BCUT2D eigenvalue weighted by Gasteiger charge is 2.12. The van der Waals surface area contributed by atoms with Gasteiger partial charge in [0.25, 0.3) is 11.8 Å². The molecule has 0 aromatic heterocycles. The van der Waals surface area contributed by atoms with Crippen LogP contribution >= 0.6 is 0 Å². The van der Waals surface area contributed by atoms with E-state index >= 15 is 0 Å². The normalized spacial score (nSPS) is 11.6. The molecule has 2 amide bonds.